The van der Waals surface area contributed by atoms with Gasteiger partial charge in [-0.1, -0.05) is 35.3 Å². The number of benzene rings is 2. The topological polar surface area (TPSA) is 73.6 Å². The molecule has 0 heterocycles. The van der Waals surface area contributed by atoms with Crippen molar-refractivity contribution in [1.82, 2.24) is 5.32 Å². The summed E-state index contributed by atoms with van der Waals surface area (Å²) in [5.41, 5.74) is 6.22. The number of nitrogens with two attached hydrogens (primary N) is 1. The molecule has 0 radical (unpaired) electrons. The fourth-order valence-corrected chi connectivity index (χ4v) is 2.46. The molecule has 8 heteroatoms. The lowest BCUT2D eigenvalue weighted by Gasteiger charge is -2.10. The van der Waals surface area contributed by atoms with Gasteiger partial charge in [-0.05, 0) is 35.9 Å². The molecule has 0 aliphatic rings. The summed E-state index contributed by atoms with van der Waals surface area (Å²) in [5, 5.41) is 3.78. The van der Waals surface area contributed by atoms with E-state index in [1.807, 2.05) is 24.3 Å². The number of hydrogen-bond donors (Lipinski definition) is 2. The first-order valence-electron chi connectivity index (χ1n) is 7.85. The van der Waals surface area contributed by atoms with E-state index in [2.05, 4.69) is 5.32 Å². The molecule has 0 bridgehead atoms. The molecule has 2 rings (SSSR count). The Kier molecular flexibility index (Phi) is 10.2. The van der Waals surface area contributed by atoms with Gasteiger partial charge in [0.25, 0.3) is 0 Å². The SMILES string of the molecule is Cl.NCC(=O)NCc1ccc(OCCCOc2ccc(Cl)cc2Cl)cc1. The number of carbonyl (C=O) groups excluding carboxylic acids is 1. The summed E-state index contributed by atoms with van der Waals surface area (Å²) in [4.78, 5) is 11.1. The zero-order valence-corrected chi connectivity index (χ0v) is 16.4. The molecule has 0 unspecified atom stereocenters. The monoisotopic (exact) mass is 418 g/mol. The van der Waals surface area contributed by atoms with E-state index in [9.17, 15) is 4.79 Å². The third-order valence-electron chi connectivity index (χ3n) is 3.31. The van der Waals surface area contributed by atoms with Gasteiger partial charge in [-0.2, -0.15) is 0 Å². The van der Waals surface area contributed by atoms with Crippen molar-refractivity contribution >= 4 is 41.5 Å². The Bertz CT molecular complexity index is 697. The van der Waals surface area contributed by atoms with Gasteiger partial charge >= 0.3 is 0 Å². The Morgan fingerprint density at radius 2 is 1.73 bits per heavy atom. The van der Waals surface area contributed by atoms with E-state index in [1.165, 1.54) is 0 Å². The average molecular weight is 420 g/mol. The molecule has 2 aromatic carbocycles. The van der Waals surface area contributed by atoms with Gasteiger partial charge in [0, 0.05) is 18.0 Å². The van der Waals surface area contributed by atoms with Gasteiger partial charge in [0.05, 0.1) is 24.8 Å². The fourth-order valence-electron chi connectivity index (χ4n) is 2.00. The summed E-state index contributed by atoms with van der Waals surface area (Å²) in [6.07, 6.45) is 0.716. The Balaban J connectivity index is 0.00000338. The zero-order chi connectivity index (χ0) is 18.1. The van der Waals surface area contributed by atoms with Crippen LogP contribution in [0.4, 0.5) is 0 Å². The van der Waals surface area contributed by atoms with Gasteiger partial charge in [0.1, 0.15) is 11.5 Å². The Morgan fingerprint density at radius 1 is 1.04 bits per heavy atom. The lowest BCUT2D eigenvalue weighted by molar-refractivity contribution is -0.119. The Morgan fingerprint density at radius 3 is 2.38 bits per heavy atom. The third-order valence-corrected chi connectivity index (χ3v) is 3.84. The minimum atomic E-state index is -0.180. The zero-order valence-electron chi connectivity index (χ0n) is 14.0. The van der Waals surface area contributed by atoms with Crippen LogP contribution in [0.25, 0.3) is 0 Å². The molecule has 0 atom stereocenters. The van der Waals surface area contributed by atoms with E-state index in [-0.39, 0.29) is 24.9 Å². The maximum atomic E-state index is 11.1. The molecule has 1 amide bonds. The van der Waals surface area contributed by atoms with Crippen LogP contribution in [0.2, 0.25) is 10.0 Å². The normalized spacial score (nSPS) is 9.96. The van der Waals surface area contributed by atoms with E-state index >= 15 is 0 Å². The van der Waals surface area contributed by atoms with Crippen molar-refractivity contribution in [2.24, 2.45) is 5.73 Å². The van der Waals surface area contributed by atoms with E-state index in [0.29, 0.717) is 42.0 Å². The Labute approximate surface area is 169 Å². The summed E-state index contributed by atoms with van der Waals surface area (Å²) >= 11 is 11.9. The molecule has 26 heavy (non-hydrogen) atoms. The summed E-state index contributed by atoms with van der Waals surface area (Å²) in [5.74, 6) is 1.19. The number of rotatable bonds is 9. The molecule has 0 fully saturated rings. The first kappa shape index (κ1) is 22.4. The molecular weight excluding hydrogens is 399 g/mol. The van der Waals surface area contributed by atoms with E-state index in [0.717, 1.165) is 11.3 Å². The van der Waals surface area contributed by atoms with Gasteiger partial charge in [-0.3, -0.25) is 4.79 Å². The van der Waals surface area contributed by atoms with E-state index in [1.54, 1.807) is 18.2 Å². The molecule has 142 valence electrons. The van der Waals surface area contributed by atoms with Crippen molar-refractivity contribution < 1.29 is 14.3 Å². The van der Waals surface area contributed by atoms with Crippen LogP contribution in [0, 0.1) is 0 Å². The van der Waals surface area contributed by atoms with E-state index in [4.69, 9.17) is 38.4 Å². The smallest absolute Gasteiger partial charge is 0.234 e. The minimum absolute atomic E-state index is 0. The number of nitrogens with one attached hydrogen (secondary N) is 1. The van der Waals surface area contributed by atoms with Crippen LogP contribution < -0.4 is 20.5 Å². The summed E-state index contributed by atoms with van der Waals surface area (Å²) in [7, 11) is 0. The highest BCUT2D eigenvalue weighted by Crippen LogP contribution is 2.27. The highest BCUT2D eigenvalue weighted by Gasteiger charge is 2.03. The first-order chi connectivity index (χ1) is 12.1. The standard InChI is InChI=1S/C18H20Cl2N2O3.ClH/c19-14-4-7-17(16(20)10-14)25-9-1-8-24-15-5-2-13(3-6-15)12-22-18(23)11-21;/h2-7,10H,1,8-9,11-12,21H2,(H,22,23);1H. The molecule has 3 N–H and O–H groups in total. The quantitative estimate of drug-likeness (QED) is 0.606. The summed E-state index contributed by atoms with van der Waals surface area (Å²) in [6.45, 7) is 1.45. The largest absolute Gasteiger partial charge is 0.493 e. The summed E-state index contributed by atoms with van der Waals surface area (Å²) < 4.78 is 11.2. The number of hydrogen-bond acceptors (Lipinski definition) is 4. The molecule has 0 spiro atoms. The van der Waals surface area contributed by atoms with Crippen molar-refractivity contribution in [3.8, 4) is 11.5 Å². The molecule has 5 nitrogen and oxygen atoms in total. The molecule has 0 saturated carbocycles. The van der Waals surface area contributed by atoms with Crippen molar-refractivity contribution in [1.29, 1.82) is 0 Å². The van der Waals surface area contributed by atoms with E-state index < -0.39 is 0 Å². The maximum absolute atomic E-state index is 11.1. The number of halogens is 3. The van der Waals surface area contributed by atoms with Crippen molar-refractivity contribution in [2.75, 3.05) is 19.8 Å². The van der Waals surface area contributed by atoms with Gasteiger partial charge in [-0.25, -0.2) is 0 Å². The predicted molar refractivity (Wildman–Crippen MR) is 107 cm³/mol. The van der Waals surface area contributed by atoms with Gasteiger partial charge in [-0.15, -0.1) is 12.4 Å². The predicted octanol–water partition coefficient (Wildman–Crippen LogP) is 3.84. The fraction of sp³-hybridized carbons (Fsp3) is 0.278. The third kappa shape index (κ3) is 7.70. The average Bonchev–Trinajstić information content (AvgIpc) is 2.62. The second-order valence-electron chi connectivity index (χ2n) is 5.25. The molecule has 0 saturated heterocycles. The highest BCUT2D eigenvalue weighted by atomic mass is 35.5. The lowest BCUT2D eigenvalue weighted by Crippen LogP contribution is -2.29. The van der Waals surface area contributed by atoms with Crippen LogP contribution in [-0.2, 0) is 11.3 Å². The van der Waals surface area contributed by atoms with Crippen LogP contribution in [0.15, 0.2) is 42.5 Å². The minimum Gasteiger partial charge on any atom is -0.493 e. The van der Waals surface area contributed by atoms with Crippen molar-refractivity contribution in [3.63, 3.8) is 0 Å². The van der Waals surface area contributed by atoms with Crippen LogP contribution in [-0.4, -0.2) is 25.7 Å². The molecular formula is C18H21Cl3N2O3. The number of ether oxygens (including phenoxy) is 2. The molecule has 0 aliphatic heterocycles. The maximum Gasteiger partial charge on any atom is 0.234 e. The lowest BCUT2D eigenvalue weighted by atomic mass is 10.2. The Hall–Kier alpha value is -1.66. The van der Waals surface area contributed by atoms with Crippen LogP contribution in [0.5, 0.6) is 11.5 Å². The second-order valence-corrected chi connectivity index (χ2v) is 6.09. The van der Waals surface area contributed by atoms with Crippen molar-refractivity contribution in [2.45, 2.75) is 13.0 Å². The van der Waals surface area contributed by atoms with Gasteiger partial charge < -0.3 is 20.5 Å². The van der Waals surface area contributed by atoms with Crippen molar-refractivity contribution in [3.05, 3.63) is 58.1 Å². The van der Waals surface area contributed by atoms with Crippen LogP contribution in [0.3, 0.4) is 0 Å². The van der Waals surface area contributed by atoms with Gasteiger partial charge in [0.2, 0.25) is 5.91 Å². The van der Waals surface area contributed by atoms with Gasteiger partial charge in [0.15, 0.2) is 0 Å². The number of amides is 1. The molecule has 2 aromatic rings. The van der Waals surface area contributed by atoms with Crippen LogP contribution in [0.1, 0.15) is 12.0 Å². The first-order valence-corrected chi connectivity index (χ1v) is 8.60. The summed E-state index contributed by atoms with van der Waals surface area (Å²) in [6, 6.07) is 12.6. The second kappa shape index (κ2) is 11.9. The van der Waals surface area contributed by atoms with Crippen LogP contribution >= 0.6 is 35.6 Å². The molecule has 0 aromatic heterocycles. The number of carbonyl (C=O) groups is 1. The molecule has 0 aliphatic carbocycles. The highest BCUT2D eigenvalue weighted by molar-refractivity contribution is 6.35.